The lowest BCUT2D eigenvalue weighted by molar-refractivity contribution is -0.274. The molecule has 2 aromatic rings. The molecule has 1 N–H and O–H groups in total. The number of carbonyl (C=O) groups excluding carboxylic acids is 1. The van der Waals surface area contributed by atoms with Crippen LogP contribution in [0.1, 0.15) is 26.3 Å². The molecule has 4 nitrogen and oxygen atoms in total. The van der Waals surface area contributed by atoms with Crippen LogP contribution >= 0.6 is 0 Å². The highest BCUT2D eigenvalue weighted by atomic mass is 19.4. The van der Waals surface area contributed by atoms with Crippen LogP contribution in [-0.2, 0) is 0 Å². The first kappa shape index (κ1) is 17.3. The lowest BCUT2D eigenvalue weighted by Gasteiger charge is -2.08. The first-order valence-corrected chi connectivity index (χ1v) is 6.66. The van der Waals surface area contributed by atoms with Gasteiger partial charge in [0, 0.05) is 5.56 Å². The number of hydrogen-bond donors (Lipinski definition) is 1. The lowest BCUT2D eigenvalue weighted by Crippen LogP contribution is -2.17. The van der Waals surface area contributed by atoms with Crippen LogP contribution in [0.2, 0.25) is 0 Å². The number of hydrogen-bond acceptors (Lipinski definition) is 3. The van der Waals surface area contributed by atoms with E-state index in [1.807, 2.05) is 0 Å². The zero-order valence-electron chi connectivity index (χ0n) is 12.1. The third-order valence-corrected chi connectivity index (χ3v) is 2.96. The zero-order valence-corrected chi connectivity index (χ0v) is 12.1. The smallest absolute Gasteiger partial charge is 0.478 e. The molecule has 0 radical (unpaired) electrons. The van der Waals surface area contributed by atoms with E-state index in [1.165, 1.54) is 48.6 Å². The molecule has 0 bridgehead atoms. The summed E-state index contributed by atoms with van der Waals surface area (Å²) in [5.41, 5.74) is 0.937. The lowest BCUT2D eigenvalue weighted by atomic mass is 10.1. The van der Waals surface area contributed by atoms with Crippen LogP contribution < -0.4 is 4.74 Å². The molecule has 0 fully saturated rings. The summed E-state index contributed by atoms with van der Waals surface area (Å²) in [4.78, 5) is 22.7. The van der Waals surface area contributed by atoms with E-state index in [4.69, 9.17) is 5.11 Å². The van der Waals surface area contributed by atoms with Gasteiger partial charge in [-0.1, -0.05) is 18.2 Å². The van der Waals surface area contributed by atoms with Crippen LogP contribution in [-0.4, -0.2) is 23.2 Å². The minimum Gasteiger partial charge on any atom is -0.478 e. The van der Waals surface area contributed by atoms with E-state index in [2.05, 4.69) is 4.74 Å². The number of ketones is 1. The topological polar surface area (TPSA) is 63.6 Å². The van der Waals surface area contributed by atoms with Gasteiger partial charge in [-0.05, 0) is 48.0 Å². The fraction of sp³-hybridized carbons (Fsp3) is 0.0588. The second-order valence-corrected chi connectivity index (χ2v) is 4.70. The third-order valence-electron chi connectivity index (χ3n) is 2.96. The van der Waals surface area contributed by atoms with Crippen molar-refractivity contribution >= 4 is 17.8 Å². The highest BCUT2D eigenvalue weighted by molar-refractivity contribution is 6.06. The van der Waals surface area contributed by atoms with Gasteiger partial charge in [0.2, 0.25) is 0 Å². The Kier molecular flexibility index (Phi) is 5.03. The molecule has 24 heavy (non-hydrogen) atoms. The van der Waals surface area contributed by atoms with E-state index in [-0.39, 0.29) is 11.1 Å². The molecular weight excluding hydrogens is 325 g/mol. The molecule has 0 amide bonds. The van der Waals surface area contributed by atoms with Gasteiger partial charge in [-0.3, -0.25) is 4.79 Å². The quantitative estimate of drug-likeness (QED) is 0.657. The maximum absolute atomic E-state index is 12.1. The number of allylic oxidation sites excluding steroid dienone is 1. The second kappa shape index (κ2) is 6.99. The number of benzene rings is 2. The van der Waals surface area contributed by atoms with Crippen molar-refractivity contribution in [2.24, 2.45) is 0 Å². The van der Waals surface area contributed by atoms with Gasteiger partial charge < -0.3 is 9.84 Å². The first-order valence-electron chi connectivity index (χ1n) is 6.66. The average Bonchev–Trinajstić information content (AvgIpc) is 2.52. The van der Waals surface area contributed by atoms with Gasteiger partial charge in [-0.25, -0.2) is 4.79 Å². The van der Waals surface area contributed by atoms with Gasteiger partial charge in [-0.2, -0.15) is 0 Å². The second-order valence-electron chi connectivity index (χ2n) is 4.70. The SMILES string of the molecule is O=C(O)c1ccc(/C=C/C(=O)c2ccc(OC(F)(F)F)cc2)cc1. The maximum Gasteiger partial charge on any atom is 0.573 e. The number of carboxylic acids is 1. The van der Waals surface area contributed by atoms with Crippen molar-refractivity contribution in [3.05, 3.63) is 71.3 Å². The Morgan fingerprint density at radius 3 is 1.96 bits per heavy atom. The van der Waals surface area contributed by atoms with Crippen LogP contribution in [0.25, 0.3) is 6.08 Å². The molecule has 7 heteroatoms. The average molecular weight is 336 g/mol. The molecule has 0 saturated carbocycles. The van der Waals surface area contributed by atoms with E-state index in [1.54, 1.807) is 0 Å². The molecule has 2 aromatic carbocycles. The fourth-order valence-corrected chi connectivity index (χ4v) is 1.83. The molecule has 0 atom stereocenters. The minimum absolute atomic E-state index is 0.124. The number of rotatable bonds is 5. The minimum atomic E-state index is -4.78. The highest BCUT2D eigenvalue weighted by Crippen LogP contribution is 2.23. The van der Waals surface area contributed by atoms with E-state index >= 15 is 0 Å². The summed E-state index contributed by atoms with van der Waals surface area (Å²) < 4.78 is 39.9. The number of carboxylic acid groups (broad SMARTS) is 1. The van der Waals surface area contributed by atoms with Gasteiger partial charge in [-0.15, -0.1) is 13.2 Å². The van der Waals surface area contributed by atoms with Gasteiger partial charge in [0.25, 0.3) is 0 Å². The summed E-state index contributed by atoms with van der Waals surface area (Å²) in [6.07, 6.45) is -2.06. The van der Waals surface area contributed by atoms with E-state index in [0.717, 1.165) is 12.1 Å². The monoisotopic (exact) mass is 336 g/mol. The molecule has 0 spiro atoms. The van der Waals surface area contributed by atoms with Crippen LogP contribution in [0.15, 0.2) is 54.6 Å². The maximum atomic E-state index is 12.1. The number of halogens is 3. The van der Waals surface area contributed by atoms with Crippen molar-refractivity contribution < 1.29 is 32.6 Å². The van der Waals surface area contributed by atoms with Crippen LogP contribution in [0.3, 0.4) is 0 Å². The Morgan fingerprint density at radius 1 is 0.917 bits per heavy atom. The Bertz CT molecular complexity index is 760. The number of ether oxygens (including phenoxy) is 1. The highest BCUT2D eigenvalue weighted by Gasteiger charge is 2.30. The number of carbonyl (C=O) groups is 2. The molecule has 0 unspecified atom stereocenters. The predicted molar refractivity (Wildman–Crippen MR) is 79.9 cm³/mol. The Labute approximate surface area is 134 Å². The predicted octanol–water partition coefficient (Wildman–Crippen LogP) is 4.18. The summed E-state index contributed by atoms with van der Waals surface area (Å²) in [5.74, 6) is -1.87. The van der Waals surface area contributed by atoms with Gasteiger partial charge in [0.1, 0.15) is 5.75 Å². The number of aromatic carboxylic acids is 1. The summed E-state index contributed by atoms with van der Waals surface area (Å²) in [5, 5.41) is 8.78. The molecule has 0 aromatic heterocycles. The fourth-order valence-electron chi connectivity index (χ4n) is 1.83. The normalized spacial score (nSPS) is 11.5. The van der Waals surface area contributed by atoms with Crippen LogP contribution in [0.4, 0.5) is 13.2 Å². The molecule has 0 saturated heterocycles. The summed E-state index contributed by atoms with van der Waals surface area (Å²) in [6.45, 7) is 0. The third kappa shape index (κ3) is 4.98. The molecule has 0 aliphatic heterocycles. The van der Waals surface area contributed by atoms with E-state index < -0.39 is 23.9 Å². The Morgan fingerprint density at radius 2 is 1.46 bits per heavy atom. The summed E-state index contributed by atoms with van der Waals surface area (Å²) in [6, 6.07) is 10.4. The van der Waals surface area contributed by atoms with Crippen molar-refractivity contribution in [2.45, 2.75) is 6.36 Å². The molecular formula is C17H11F3O4. The standard InChI is InChI=1S/C17H11F3O4/c18-17(19,20)24-14-8-6-12(7-9-14)15(21)10-3-11-1-4-13(5-2-11)16(22)23/h1-10H,(H,22,23)/b10-3+. The molecule has 124 valence electrons. The molecule has 0 aliphatic carbocycles. The van der Waals surface area contributed by atoms with Crippen molar-refractivity contribution in [3.8, 4) is 5.75 Å². The van der Waals surface area contributed by atoms with Crippen LogP contribution in [0, 0.1) is 0 Å². The van der Waals surface area contributed by atoms with E-state index in [0.29, 0.717) is 5.56 Å². The summed E-state index contributed by atoms with van der Waals surface area (Å²) >= 11 is 0. The van der Waals surface area contributed by atoms with Crippen molar-refractivity contribution in [2.75, 3.05) is 0 Å². The van der Waals surface area contributed by atoms with E-state index in [9.17, 15) is 22.8 Å². The van der Waals surface area contributed by atoms with Crippen molar-refractivity contribution in [1.29, 1.82) is 0 Å². The first-order chi connectivity index (χ1) is 11.2. The zero-order chi connectivity index (χ0) is 17.7. The Balaban J connectivity index is 2.05. The van der Waals surface area contributed by atoms with Gasteiger partial charge in [0.15, 0.2) is 5.78 Å². The van der Waals surface area contributed by atoms with Crippen molar-refractivity contribution in [1.82, 2.24) is 0 Å². The molecule has 0 aliphatic rings. The largest absolute Gasteiger partial charge is 0.573 e. The molecule has 0 heterocycles. The van der Waals surface area contributed by atoms with Crippen molar-refractivity contribution in [3.63, 3.8) is 0 Å². The van der Waals surface area contributed by atoms with Crippen LogP contribution in [0.5, 0.6) is 5.75 Å². The summed E-state index contributed by atoms with van der Waals surface area (Å²) in [7, 11) is 0. The Hall–Kier alpha value is -3.09. The van der Waals surface area contributed by atoms with Gasteiger partial charge in [0.05, 0.1) is 5.56 Å². The molecule has 2 rings (SSSR count). The van der Waals surface area contributed by atoms with Gasteiger partial charge >= 0.3 is 12.3 Å². The number of alkyl halides is 3.